The van der Waals surface area contributed by atoms with Gasteiger partial charge in [-0.1, -0.05) is 13.8 Å². The lowest BCUT2D eigenvalue weighted by atomic mass is 10.2. The number of guanidine groups is 1. The number of nitrogens with zero attached hydrogens (tertiary/aromatic N) is 2. The summed E-state index contributed by atoms with van der Waals surface area (Å²) < 4.78 is 10.6. The van der Waals surface area contributed by atoms with Gasteiger partial charge in [-0.2, -0.15) is 0 Å². The average molecular weight is 444 g/mol. The molecule has 0 amide bonds. The fourth-order valence-electron chi connectivity index (χ4n) is 1.84. The summed E-state index contributed by atoms with van der Waals surface area (Å²) in [6.07, 6.45) is 2.07. The Balaban J connectivity index is 0. The molecular formula is C16H37IN4O2. The van der Waals surface area contributed by atoms with Crippen LogP contribution in [0.15, 0.2) is 4.99 Å². The van der Waals surface area contributed by atoms with Gasteiger partial charge in [-0.3, -0.25) is 4.99 Å². The monoisotopic (exact) mass is 444 g/mol. The topological polar surface area (TPSA) is 58.1 Å². The molecule has 0 aromatic carbocycles. The largest absolute Gasteiger partial charge is 0.383 e. The zero-order chi connectivity index (χ0) is 16.6. The smallest absolute Gasteiger partial charge is 0.190 e. The van der Waals surface area contributed by atoms with E-state index < -0.39 is 0 Å². The van der Waals surface area contributed by atoms with Gasteiger partial charge in [-0.25, -0.2) is 0 Å². The number of methoxy groups -OCH3 is 1. The zero-order valence-corrected chi connectivity index (χ0v) is 17.9. The Morgan fingerprint density at radius 1 is 1.09 bits per heavy atom. The van der Waals surface area contributed by atoms with Crippen LogP contribution in [0.5, 0.6) is 0 Å². The summed E-state index contributed by atoms with van der Waals surface area (Å²) in [4.78, 5) is 6.49. The van der Waals surface area contributed by atoms with E-state index in [0.29, 0.717) is 5.92 Å². The molecule has 0 bridgehead atoms. The molecule has 0 atom stereocenters. The molecule has 0 aliphatic rings. The maximum Gasteiger partial charge on any atom is 0.190 e. The Morgan fingerprint density at radius 2 is 1.74 bits per heavy atom. The van der Waals surface area contributed by atoms with Gasteiger partial charge in [-0.05, 0) is 32.4 Å². The molecule has 0 unspecified atom stereocenters. The summed E-state index contributed by atoms with van der Waals surface area (Å²) in [6, 6.07) is 0. The zero-order valence-electron chi connectivity index (χ0n) is 15.6. The summed E-state index contributed by atoms with van der Waals surface area (Å²) in [5, 5.41) is 6.64. The van der Waals surface area contributed by atoms with Gasteiger partial charge in [0.05, 0.1) is 6.61 Å². The lowest BCUT2D eigenvalue weighted by molar-refractivity contribution is 0.108. The first-order valence-corrected chi connectivity index (χ1v) is 8.29. The minimum atomic E-state index is 0. The van der Waals surface area contributed by atoms with Gasteiger partial charge in [-0.15, -0.1) is 24.0 Å². The van der Waals surface area contributed by atoms with E-state index in [1.165, 1.54) is 0 Å². The molecule has 0 fully saturated rings. The van der Waals surface area contributed by atoms with Crippen LogP contribution >= 0.6 is 24.0 Å². The summed E-state index contributed by atoms with van der Waals surface area (Å²) in [7, 11) is 5.65. The van der Waals surface area contributed by atoms with E-state index >= 15 is 0 Å². The highest BCUT2D eigenvalue weighted by atomic mass is 127. The van der Waals surface area contributed by atoms with Crippen LogP contribution in [0, 0.1) is 5.92 Å². The fraction of sp³-hybridized carbons (Fsp3) is 0.938. The number of nitrogens with one attached hydrogen (secondary N) is 2. The number of rotatable bonds is 13. The normalized spacial score (nSPS) is 11.7. The quantitative estimate of drug-likeness (QED) is 0.196. The number of aliphatic imine (C=N–C) groups is 1. The van der Waals surface area contributed by atoms with Crippen molar-refractivity contribution in [1.82, 2.24) is 15.5 Å². The highest BCUT2D eigenvalue weighted by Crippen LogP contribution is 1.92. The molecule has 0 aromatic heterocycles. The van der Waals surface area contributed by atoms with Crippen molar-refractivity contribution in [2.45, 2.75) is 26.7 Å². The van der Waals surface area contributed by atoms with Crippen molar-refractivity contribution in [3.05, 3.63) is 0 Å². The van der Waals surface area contributed by atoms with Gasteiger partial charge in [0.1, 0.15) is 0 Å². The molecule has 0 heterocycles. The summed E-state index contributed by atoms with van der Waals surface area (Å²) in [5.74, 6) is 1.47. The van der Waals surface area contributed by atoms with Crippen LogP contribution in [-0.4, -0.2) is 78.1 Å². The Bertz CT molecular complexity index is 279. The van der Waals surface area contributed by atoms with E-state index in [2.05, 4.69) is 41.4 Å². The second-order valence-corrected chi connectivity index (χ2v) is 5.90. The van der Waals surface area contributed by atoms with Gasteiger partial charge in [0.2, 0.25) is 0 Å². The molecule has 0 saturated heterocycles. The van der Waals surface area contributed by atoms with Crippen LogP contribution in [0.25, 0.3) is 0 Å². The lowest BCUT2D eigenvalue weighted by Crippen LogP contribution is -2.39. The van der Waals surface area contributed by atoms with Crippen molar-refractivity contribution in [3.8, 4) is 0 Å². The molecule has 0 saturated carbocycles. The fourth-order valence-corrected chi connectivity index (χ4v) is 1.84. The predicted molar refractivity (Wildman–Crippen MR) is 109 cm³/mol. The van der Waals surface area contributed by atoms with Gasteiger partial charge in [0.15, 0.2) is 5.96 Å². The second kappa shape index (κ2) is 18.2. The van der Waals surface area contributed by atoms with Crippen molar-refractivity contribution in [3.63, 3.8) is 0 Å². The first kappa shape index (κ1) is 25.1. The van der Waals surface area contributed by atoms with Crippen molar-refractivity contribution >= 4 is 29.9 Å². The van der Waals surface area contributed by atoms with Crippen molar-refractivity contribution in [1.29, 1.82) is 0 Å². The third-order valence-electron chi connectivity index (χ3n) is 3.12. The Hall–Kier alpha value is -0.120. The van der Waals surface area contributed by atoms with Crippen LogP contribution in [0.4, 0.5) is 0 Å². The van der Waals surface area contributed by atoms with Gasteiger partial charge in [0, 0.05) is 47.0 Å². The molecule has 7 heteroatoms. The standard InChI is InChI=1S/C16H36N4O2.HI/c1-15(2)14-22-12-7-9-19-16(17-3)18-8-6-10-20(4)11-13-21-5;/h15H,6-14H2,1-5H3,(H2,17,18,19);1H. The number of likely N-dealkylation sites (N-methyl/N-ethyl adjacent to an activating group) is 1. The maximum absolute atomic E-state index is 5.55. The molecule has 140 valence electrons. The van der Waals surface area contributed by atoms with Gasteiger partial charge >= 0.3 is 0 Å². The van der Waals surface area contributed by atoms with E-state index in [9.17, 15) is 0 Å². The molecule has 0 aliphatic carbocycles. The van der Waals surface area contributed by atoms with Crippen molar-refractivity contribution < 1.29 is 9.47 Å². The molecule has 0 spiro atoms. The van der Waals surface area contributed by atoms with Crippen molar-refractivity contribution in [2.24, 2.45) is 10.9 Å². The molecule has 23 heavy (non-hydrogen) atoms. The first-order chi connectivity index (χ1) is 10.6. The second-order valence-electron chi connectivity index (χ2n) is 5.90. The summed E-state index contributed by atoms with van der Waals surface area (Å²) >= 11 is 0. The summed E-state index contributed by atoms with van der Waals surface area (Å²) in [6.45, 7) is 10.6. The maximum atomic E-state index is 5.55. The van der Waals surface area contributed by atoms with Crippen LogP contribution in [0.3, 0.4) is 0 Å². The lowest BCUT2D eigenvalue weighted by Gasteiger charge is -2.17. The molecule has 0 aliphatic heterocycles. The SMILES string of the molecule is CN=C(NCCCOCC(C)C)NCCCN(C)CCOC.I. The molecule has 0 radical (unpaired) electrons. The Kier molecular flexibility index (Phi) is 19.9. The van der Waals surface area contributed by atoms with E-state index in [4.69, 9.17) is 9.47 Å². The summed E-state index contributed by atoms with van der Waals surface area (Å²) in [5.41, 5.74) is 0. The van der Waals surface area contributed by atoms with Gasteiger partial charge < -0.3 is 25.0 Å². The van der Waals surface area contributed by atoms with Crippen LogP contribution < -0.4 is 10.6 Å². The molecule has 2 N–H and O–H groups in total. The molecule has 0 aromatic rings. The third kappa shape index (κ3) is 18.1. The number of hydrogen-bond acceptors (Lipinski definition) is 4. The average Bonchev–Trinajstić information content (AvgIpc) is 2.50. The highest BCUT2D eigenvalue weighted by Gasteiger charge is 2.00. The highest BCUT2D eigenvalue weighted by molar-refractivity contribution is 14.0. The minimum absolute atomic E-state index is 0. The molecular weight excluding hydrogens is 407 g/mol. The molecule has 6 nitrogen and oxygen atoms in total. The molecule has 0 rings (SSSR count). The van der Waals surface area contributed by atoms with E-state index in [0.717, 1.165) is 64.8 Å². The van der Waals surface area contributed by atoms with E-state index in [1.807, 2.05) is 0 Å². The number of halogens is 1. The van der Waals surface area contributed by atoms with E-state index in [1.54, 1.807) is 14.2 Å². The predicted octanol–water partition coefficient (Wildman–Crippen LogP) is 1.80. The Morgan fingerprint density at radius 3 is 2.30 bits per heavy atom. The van der Waals surface area contributed by atoms with Crippen LogP contribution in [0.1, 0.15) is 26.7 Å². The number of ether oxygens (including phenoxy) is 2. The van der Waals surface area contributed by atoms with Crippen LogP contribution in [-0.2, 0) is 9.47 Å². The van der Waals surface area contributed by atoms with E-state index in [-0.39, 0.29) is 24.0 Å². The number of hydrogen-bond donors (Lipinski definition) is 2. The first-order valence-electron chi connectivity index (χ1n) is 8.29. The minimum Gasteiger partial charge on any atom is -0.383 e. The Labute approximate surface area is 159 Å². The van der Waals surface area contributed by atoms with Gasteiger partial charge in [0.25, 0.3) is 0 Å². The third-order valence-corrected chi connectivity index (χ3v) is 3.12. The van der Waals surface area contributed by atoms with Crippen molar-refractivity contribution in [2.75, 3.05) is 67.2 Å². The van der Waals surface area contributed by atoms with Crippen LogP contribution in [0.2, 0.25) is 0 Å².